The van der Waals surface area contributed by atoms with Gasteiger partial charge in [-0.1, -0.05) is 13.3 Å². The van der Waals surface area contributed by atoms with Crippen LogP contribution in [0.1, 0.15) is 60.3 Å². The standard InChI is InChI=1S/C18H33NO4/c1-6-13-7-8-16(20)14(9-13)15-11-22-10-12(2)19(15)17(21)23-18(3,4)5/h12-16,20H,6-11H2,1-5H3. The predicted molar refractivity (Wildman–Crippen MR) is 89.3 cm³/mol. The lowest BCUT2D eigenvalue weighted by molar-refractivity contribution is -0.0981. The highest BCUT2D eigenvalue weighted by molar-refractivity contribution is 5.69. The summed E-state index contributed by atoms with van der Waals surface area (Å²) < 4.78 is 11.3. The topological polar surface area (TPSA) is 59.0 Å². The number of hydrogen-bond donors (Lipinski definition) is 1. The molecule has 2 fully saturated rings. The fraction of sp³-hybridized carbons (Fsp3) is 0.944. The Morgan fingerprint density at radius 3 is 2.61 bits per heavy atom. The van der Waals surface area contributed by atoms with Crippen LogP contribution in [0.2, 0.25) is 0 Å². The molecule has 5 unspecified atom stereocenters. The highest BCUT2D eigenvalue weighted by atomic mass is 16.6. The van der Waals surface area contributed by atoms with Crippen LogP contribution in [0.5, 0.6) is 0 Å². The number of morpholine rings is 1. The van der Waals surface area contributed by atoms with Gasteiger partial charge in [0.05, 0.1) is 31.4 Å². The van der Waals surface area contributed by atoms with E-state index in [0.29, 0.717) is 19.1 Å². The summed E-state index contributed by atoms with van der Waals surface area (Å²) in [4.78, 5) is 14.5. The number of aliphatic hydroxyl groups excluding tert-OH is 1. The van der Waals surface area contributed by atoms with Crippen LogP contribution in [0.15, 0.2) is 0 Å². The lowest BCUT2D eigenvalue weighted by Gasteiger charge is -2.47. The summed E-state index contributed by atoms with van der Waals surface area (Å²) in [6.07, 6.45) is 3.32. The van der Waals surface area contributed by atoms with Gasteiger partial charge in [0, 0.05) is 5.92 Å². The van der Waals surface area contributed by atoms with Gasteiger partial charge in [-0.2, -0.15) is 0 Å². The molecule has 1 saturated carbocycles. The Balaban J connectivity index is 2.17. The average molecular weight is 327 g/mol. The molecule has 5 nitrogen and oxygen atoms in total. The first kappa shape index (κ1) is 18.5. The molecule has 2 rings (SSSR count). The fourth-order valence-electron chi connectivity index (χ4n) is 3.87. The number of nitrogens with zero attached hydrogens (tertiary/aromatic N) is 1. The lowest BCUT2D eigenvalue weighted by atomic mass is 9.74. The van der Waals surface area contributed by atoms with Crippen LogP contribution in [0, 0.1) is 11.8 Å². The van der Waals surface area contributed by atoms with Gasteiger partial charge in [-0.25, -0.2) is 4.79 Å². The minimum Gasteiger partial charge on any atom is -0.444 e. The third-order valence-electron chi connectivity index (χ3n) is 5.13. The van der Waals surface area contributed by atoms with Crippen LogP contribution in [0.3, 0.4) is 0 Å². The molecule has 0 aromatic rings. The molecule has 0 bridgehead atoms. The molecule has 134 valence electrons. The number of ether oxygens (including phenoxy) is 2. The van der Waals surface area contributed by atoms with Crippen LogP contribution in [0.25, 0.3) is 0 Å². The number of aliphatic hydroxyl groups is 1. The van der Waals surface area contributed by atoms with Crippen molar-refractivity contribution in [3.05, 3.63) is 0 Å². The van der Waals surface area contributed by atoms with Crippen molar-refractivity contribution in [1.82, 2.24) is 4.90 Å². The van der Waals surface area contributed by atoms with Gasteiger partial charge in [0.25, 0.3) is 0 Å². The largest absolute Gasteiger partial charge is 0.444 e. The Labute approximate surface area is 140 Å². The Kier molecular flexibility index (Phi) is 5.95. The molecule has 2 aliphatic rings. The normalized spacial score (nSPS) is 35.9. The van der Waals surface area contributed by atoms with Gasteiger partial charge < -0.3 is 14.6 Å². The Morgan fingerprint density at radius 1 is 1.30 bits per heavy atom. The molecule has 1 saturated heterocycles. The van der Waals surface area contributed by atoms with E-state index in [2.05, 4.69) is 6.92 Å². The van der Waals surface area contributed by atoms with Crippen molar-refractivity contribution in [2.45, 2.75) is 84.1 Å². The van der Waals surface area contributed by atoms with Gasteiger partial charge in [-0.3, -0.25) is 4.90 Å². The first-order valence-corrected chi connectivity index (χ1v) is 9.00. The molecule has 0 spiro atoms. The van der Waals surface area contributed by atoms with E-state index in [9.17, 15) is 9.90 Å². The third kappa shape index (κ3) is 4.60. The van der Waals surface area contributed by atoms with Crippen LogP contribution in [-0.4, -0.2) is 53.1 Å². The molecule has 1 N–H and O–H groups in total. The molecule has 5 atom stereocenters. The smallest absolute Gasteiger partial charge is 0.410 e. The summed E-state index contributed by atoms with van der Waals surface area (Å²) in [7, 11) is 0. The van der Waals surface area contributed by atoms with E-state index in [-0.39, 0.29) is 30.2 Å². The van der Waals surface area contributed by atoms with E-state index in [4.69, 9.17) is 9.47 Å². The Bertz CT molecular complexity index is 406. The van der Waals surface area contributed by atoms with Crippen molar-refractivity contribution in [3.63, 3.8) is 0 Å². The van der Waals surface area contributed by atoms with E-state index in [1.165, 1.54) is 0 Å². The Hall–Kier alpha value is -0.810. The molecule has 23 heavy (non-hydrogen) atoms. The molecule has 5 heteroatoms. The first-order valence-electron chi connectivity index (χ1n) is 9.00. The van der Waals surface area contributed by atoms with E-state index < -0.39 is 5.60 Å². The molecule has 0 radical (unpaired) electrons. The van der Waals surface area contributed by atoms with Crippen molar-refractivity contribution in [1.29, 1.82) is 0 Å². The van der Waals surface area contributed by atoms with Crippen LogP contribution < -0.4 is 0 Å². The predicted octanol–water partition coefficient (Wildman–Crippen LogP) is 3.20. The number of amides is 1. The van der Waals surface area contributed by atoms with Crippen LogP contribution in [0.4, 0.5) is 4.79 Å². The highest BCUT2D eigenvalue weighted by Gasteiger charge is 2.43. The minimum absolute atomic E-state index is 0.0298. The van der Waals surface area contributed by atoms with Gasteiger partial charge in [-0.05, 0) is 52.9 Å². The lowest BCUT2D eigenvalue weighted by Crippen LogP contribution is -2.60. The summed E-state index contributed by atoms with van der Waals surface area (Å²) >= 11 is 0. The average Bonchev–Trinajstić information content (AvgIpc) is 2.45. The van der Waals surface area contributed by atoms with E-state index in [0.717, 1.165) is 25.7 Å². The maximum atomic E-state index is 12.7. The summed E-state index contributed by atoms with van der Waals surface area (Å²) in [5, 5.41) is 10.5. The van der Waals surface area contributed by atoms with Gasteiger partial charge in [0.1, 0.15) is 5.60 Å². The molecule has 0 aromatic heterocycles. The summed E-state index contributed by atoms with van der Waals surface area (Å²) in [6, 6.07) is -0.129. The minimum atomic E-state index is -0.517. The monoisotopic (exact) mass is 327 g/mol. The van der Waals surface area contributed by atoms with Gasteiger partial charge in [0.2, 0.25) is 0 Å². The van der Waals surface area contributed by atoms with Gasteiger partial charge in [0.15, 0.2) is 0 Å². The zero-order chi connectivity index (χ0) is 17.2. The number of carbonyl (C=O) groups excluding carboxylic acids is 1. The molecular formula is C18H33NO4. The summed E-state index contributed by atoms with van der Waals surface area (Å²) in [5.41, 5.74) is -0.517. The van der Waals surface area contributed by atoms with E-state index >= 15 is 0 Å². The summed E-state index contributed by atoms with van der Waals surface area (Å²) in [6.45, 7) is 10.8. The first-order chi connectivity index (χ1) is 10.7. The van der Waals surface area contributed by atoms with Crippen molar-refractivity contribution in [2.24, 2.45) is 11.8 Å². The second kappa shape index (κ2) is 7.39. The molecule has 1 aliphatic carbocycles. The van der Waals surface area contributed by atoms with Crippen molar-refractivity contribution < 1.29 is 19.4 Å². The van der Waals surface area contributed by atoms with Gasteiger partial charge >= 0.3 is 6.09 Å². The molecule has 1 amide bonds. The van der Waals surface area contributed by atoms with Crippen molar-refractivity contribution >= 4 is 6.09 Å². The maximum absolute atomic E-state index is 12.7. The fourth-order valence-corrected chi connectivity index (χ4v) is 3.87. The highest BCUT2D eigenvalue weighted by Crippen LogP contribution is 2.37. The van der Waals surface area contributed by atoms with E-state index in [1.54, 1.807) is 0 Å². The third-order valence-corrected chi connectivity index (χ3v) is 5.13. The van der Waals surface area contributed by atoms with Crippen LogP contribution >= 0.6 is 0 Å². The number of rotatable bonds is 2. The molecule has 0 aromatic carbocycles. The summed E-state index contributed by atoms with van der Waals surface area (Å²) in [5.74, 6) is 0.699. The second-order valence-corrected chi connectivity index (χ2v) is 8.16. The zero-order valence-corrected chi connectivity index (χ0v) is 15.2. The number of hydrogen-bond acceptors (Lipinski definition) is 4. The van der Waals surface area contributed by atoms with Crippen LogP contribution in [-0.2, 0) is 9.47 Å². The van der Waals surface area contributed by atoms with E-state index in [1.807, 2.05) is 32.6 Å². The SMILES string of the molecule is CCC1CCC(O)C(C2COCC(C)N2C(=O)OC(C)(C)C)C1. The quantitative estimate of drug-likeness (QED) is 0.846. The second-order valence-electron chi connectivity index (χ2n) is 8.16. The molecule has 1 heterocycles. The number of carbonyl (C=O) groups is 1. The maximum Gasteiger partial charge on any atom is 0.410 e. The molecule has 1 aliphatic heterocycles. The Morgan fingerprint density at radius 2 is 2.00 bits per heavy atom. The van der Waals surface area contributed by atoms with Crippen molar-refractivity contribution in [2.75, 3.05) is 13.2 Å². The van der Waals surface area contributed by atoms with Crippen molar-refractivity contribution in [3.8, 4) is 0 Å². The van der Waals surface area contributed by atoms with Gasteiger partial charge in [-0.15, -0.1) is 0 Å². The molecular weight excluding hydrogens is 294 g/mol. The zero-order valence-electron chi connectivity index (χ0n) is 15.2.